The largest absolute Gasteiger partial charge is 0.444 e. The smallest absolute Gasteiger partial charge is 0.407 e. The lowest BCUT2D eigenvalue weighted by Crippen LogP contribution is -2.52. The van der Waals surface area contributed by atoms with Crippen molar-refractivity contribution in [2.75, 3.05) is 6.54 Å². The van der Waals surface area contributed by atoms with Gasteiger partial charge in [0, 0.05) is 6.54 Å². The molecule has 1 amide bonds. The Morgan fingerprint density at radius 2 is 1.52 bits per heavy atom. The molecule has 1 fully saturated rings. The van der Waals surface area contributed by atoms with Gasteiger partial charge in [0.15, 0.2) is 9.04 Å². The van der Waals surface area contributed by atoms with Crippen LogP contribution in [0.1, 0.15) is 74.1 Å². The van der Waals surface area contributed by atoms with Crippen LogP contribution in [0.25, 0.3) is 0 Å². The summed E-state index contributed by atoms with van der Waals surface area (Å²) in [7, 11) is -1.10. The zero-order valence-corrected chi connectivity index (χ0v) is 19.1. The minimum absolute atomic E-state index is 0.0586. The third kappa shape index (κ3) is 6.93. The van der Waals surface area contributed by atoms with Crippen LogP contribution in [0.2, 0.25) is 13.1 Å². The molecule has 4 nitrogen and oxygen atoms in total. The van der Waals surface area contributed by atoms with Crippen LogP contribution >= 0.6 is 0 Å². The summed E-state index contributed by atoms with van der Waals surface area (Å²) in [4.78, 5) is 11.8. The molecule has 148 valence electrons. The van der Waals surface area contributed by atoms with E-state index < -0.39 is 14.6 Å². The first-order chi connectivity index (χ1) is 11.2. The molecule has 0 radical (unpaired) electrons. The first-order valence-corrected chi connectivity index (χ1v) is 12.7. The summed E-state index contributed by atoms with van der Waals surface area (Å²) < 4.78 is 11.9. The van der Waals surface area contributed by atoms with Crippen LogP contribution in [0.5, 0.6) is 0 Å². The summed E-state index contributed by atoms with van der Waals surface area (Å²) in [5.74, 6) is 1.14. The fraction of sp³-hybridized carbons (Fsp3) is 0.950. The fourth-order valence-electron chi connectivity index (χ4n) is 3.83. The molecule has 0 aliphatic heterocycles. The van der Waals surface area contributed by atoms with Crippen LogP contribution in [-0.4, -0.2) is 32.9 Å². The van der Waals surface area contributed by atoms with E-state index in [9.17, 15) is 4.79 Å². The summed E-state index contributed by atoms with van der Waals surface area (Å²) in [6.07, 6.45) is 4.35. The van der Waals surface area contributed by atoms with Crippen molar-refractivity contribution >= 4 is 15.1 Å². The first-order valence-electron chi connectivity index (χ1n) is 9.89. The predicted molar refractivity (Wildman–Crippen MR) is 108 cm³/mol. The lowest BCUT2D eigenvalue weighted by atomic mass is 9.64. The van der Waals surface area contributed by atoms with Gasteiger partial charge in [0.1, 0.15) is 5.60 Å². The van der Waals surface area contributed by atoms with E-state index in [1.54, 1.807) is 0 Å². The molecule has 0 spiro atoms. The third-order valence-corrected chi connectivity index (χ3v) is 6.49. The Labute approximate surface area is 157 Å². The zero-order valence-electron chi connectivity index (χ0n) is 18.0. The van der Waals surface area contributed by atoms with Gasteiger partial charge in [-0.2, -0.15) is 0 Å². The lowest BCUT2D eigenvalue weighted by molar-refractivity contribution is -0.0829. The average molecular weight is 372 g/mol. The number of amides is 1. The van der Waals surface area contributed by atoms with Crippen molar-refractivity contribution < 1.29 is 14.0 Å². The van der Waals surface area contributed by atoms with E-state index in [0.717, 1.165) is 12.8 Å². The minimum Gasteiger partial charge on any atom is -0.444 e. The third-order valence-electron chi connectivity index (χ3n) is 5.53. The summed E-state index contributed by atoms with van der Waals surface area (Å²) in [5, 5.41) is 2.94. The van der Waals surface area contributed by atoms with Crippen molar-refractivity contribution in [3.8, 4) is 0 Å². The molecule has 1 aliphatic rings. The molecule has 0 aromatic heterocycles. The van der Waals surface area contributed by atoms with E-state index in [2.05, 4.69) is 46.1 Å². The number of hydrogen-bond donors (Lipinski definition) is 1. The van der Waals surface area contributed by atoms with Crippen LogP contribution in [0.15, 0.2) is 0 Å². The van der Waals surface area contributed by atoms with Gasteiger partial charge in [-0.1, -0.05) is 20.8 Å². The van der Waals surface area contributed by atoms with Crippen molar-refractivity contribution in [3.63, 3.8) is 0 Å². The van der Waals surface area contributed by atoms with E-state index in [0.29, 0.717) is 18.4 Å². The van der Waals surface area contributed by atoms with Gasteiger partial charge in [0.25, 0.3) is 0 Å². The van der Waals surface area contributed by atoms with E-state index in [1.165, 1.54) is 12.8 Å². The van der Waals surface area contributed by atoms with Crippen LogP contribution < -0.4 is 5.32 Å². The highest BCUT2D eigenvalue weighted by Crippen LogP contribution is 2.46. The average Bonchev–Trinajstić information content (AvgIpc) is 2.42. The van der Waals surface area contributed by atoms with E-state index in [1.807, 2.05) is 20.8 Å². The number of alkyl carbamates (subject to hydrolysis) is 1. The molecule has 25 heavy (non-hydrogen) atoms. The zero-order chi connectivity index (χ0) is 19.5. The maximum Gasteiger partial charge on any atom is 0.407 e. The standard InChI is InChI=1S/C20H41NO3Si/c1-18(2,3)20(7,24-25(8)9)16-12-10-15(11-13-16)14-21-17(22)23-19(4,5)6/h15-16,25H,10-14H2,1-9H3,(H,21,22). The second-order valence-electron chi connectivity index (χ2n) is 10.1. The first kappa shape index (κ1) is 22.5. The minimum atomic E-state index is -1.10. The Morgan fingerprint density at radius 3 is 1.92 bits per heavy atom. The number of ether oxygens (including phenoxy) is 1. The van der Waals surface area contributed by atoms with Gasteiger partial charge in [0.05, 0.1) is 5.60 Å². The van der Waals surface area contributed by atoms with E-state index in [-0.39, 0.29) is 17.1 Å². The molecule has 1 rings (SSSR count). The topological polar surface area (TPSA) is 47.6 Å². The molecule has 1 unspecified atom stereocenters. The molecular weight excluding hydrogens is 330 g/mol. The van der Waals surface area contributed by atoms with Gasteiger partial charge in [0.2, 0.25) is 0 Å². The lowest BCUT2D eigenvalue weighted by Gasteiger charge is -2.51. The molecule has 1 aliphatic carbocycles. The maximum atomic E-state index is 11.8. The van der Waals surface area contributed by atoms with Gasteiger partial charge in [-0.15, -0.1) is 0 Å². The Kier molecular flexibility index (Phi) is 7.58. The Hall–Kier alpha value is -0.553. The second-order valence-corrected chi connectivity index (χ2v) is 12.5. The summed E-state index contributed by atoms with van der Waals surface area (Å²) in [6, 6.07) is 0. The maximum absolute atomic E-state index is 11.8. The molecule has 1 N–H and O–H groups in total. The number of nitrogens with one attached hydrogen (secondary N) is 1. The van der Waals surface area contributed by atoms with Crippen LogP contribution in [-0.2, 0) is 9.16 Å². The summed E-state index contributed by atoms with van der Waals surface area (Å²) >= 11 is 0. The second kappa shape index (κ2) is 8.42. The molecule has 1 saturated carbocycles. The number of hydrogen-bond acceptors (Lipinski definition) is 3. The van der Waals surface area contributed by atoms with Crippen LogP contribution in [0.4, 0.5) is 4.79 Å². The van der Waals surface area contributed by atoms with Gasteiger partial charge >= 0.3 is 6.09 Å². The molecule has 0 aromatic rings. The number of carbonyl (C=O) groups is 1. The molecule has 0 bridgehead atoms. The van der Waals surface area contributed by atoms with Crippen molar-refractivity contribution in [1.29, 1.82) is 0 Å². The van der Waals surface area contributed by atoms with E-state index in [4.69, 9.17) is 9.16 Å². The Morgan fingerprint density at radius 1 is 1.00 bits per heavy atom. The van der Waals surface area contributed by atoms with Gasteiger partial charge in [-0.25, -0.2) is 4.79 Å². The monoisotopic (exact) mass is 371 g/mol. The highest BCUT2D eigenvalue weighted by molar-refractivity contribution is 6.48. The van der Waals surface area contributed by atoms with Gasteiger partial charge in [-0.3, -0.25) is 0 Å². The summed E-state index contributed by atoms with van der Waals surface area (Å²) in [6.45, 7) is 20.2. The highest BCUT2D eigenvalue weighted by Gasteiger charge is 2.46. The Balaban J connectivity index is 2.55. The molecule has 0 heterocycles. The number of rotatable bonds is 5. The van der Waals surface area contributed by atoms with Crippen LogP contribution in [0.3, 0.4) is 0 Å². The predicted octanol–water partition coefficient (Wildman–Crippen LogP) is 5.12. The van der Waals surface area contributed by atoms with E-state index >= 15 is 0 Å². The number of carbonyl (C=O) groups excluding carboxylic acids is 1. The highest BCUT2D eigenvalue weighted by atomic mass is 28.3. The van der Waals surface area contributed by atoms with Crippen molar-refractivity contribution in [2.45, 2.75) is 98.4 Å². The molecule has 0 saturated heterocycles. The molecule has 5 heteroatoms. The molecule has 0 aromatic carbocycles. The fourth-order valence-corrected chi connectivity index (χ4v) is 5.36. The SMILES string of the molecule is C[SiH](C)OC(C)(C1CCC(CNC(=O)OC(C)(C)C)CC1)C(C)(C)C. The molecular formula is C20H41NO3Si. The molecule has 1 atom stereocenters. The van der Waals surface area contributed by atoms with Gasteiger partial charge < -0.3 is 14.5 Å². The quantitative estimate of drug-likeness (QED) is 0.682. The van der Waals surface area contributed by atoms with Crippen molar-refractivity contribution in [2.24, 2.45) is 17.3 Å². The summed E-state index contributed by atoms with van der Waals surface area (Å²) in [5.41, 5.74) is -0.359. The van der Waals surface area contributed by atoms with Crippen LogP contribution in [0, 0.1) is 17.3 Å². The van der Waals surface area contributed by atoms with Crippen molar-refractivity contribution in [3.05, 3.63) is 0 Å². The van der Waals surface area contributed by atoms with Gasteiger partial charge in [-0.05, 0) is 83.7 Å². The van der Waals surface area contributed by atoms with Crippen molar-refractivity contribution in [1.82, 2.24) is 5.32 Å². The Bertz CT molecular complexity index is 431. The normalized spacial score (nSPS) is 24.7.